The van der Waals surface area contributed by atoms with Crippen LogP contribution in [0.1, 0.15) is 12.8 Å². The van der Waals surface area contributed by atoms with E-state index < -0.39 is 0 Å². The van der Waals surface area contributed by atoms with Gasteiger partial charge in [0.05, 0.1) is 6.61 Å². The minimum absolute atomic E-state index is 0.564. The Kier molecular flexibility index (Phi) is 1.08. The Balaban J connectivity index is 1.97. The highest BCUT2D eigenvalue weighted by Crippen LogP contribution is 2.57. The quantitative estimate of drug-likeness (QED) is 0.552. The Morgan fingerprint density at radius 1 is 1.67 bits per heavy atom. The van der Waals surface area contributed by atoms with Crippen molar-refractivity contribution in [1.29, 1.82) is 0 Å². The summed E-state index contributed by atoms with van der Waals surface area (Å²) in [5, 5.41) is 0. The van der Waals surface area contributed by atoms with E-state index in [1.807, 2.05) is 0 Å². The molecule has 0 radical (unpaired) electrons. The van der Waals surface area contributed by atoms with Gasteiger partial charge in [0.15, 0.2) is 0 Å². The van der Waals surface area contributed by atoms with Crippen LogP contribution < -0.4 is 5.73 Å². The standard InChI is InChI=1S/C7H13NO/c8-4-6-3-7(6)1-2-9-5-7/h6H,1-5,8H2. The third-order valence-electron chi connectivity index (χ3n) is 2.78. The van der Waals surface area contributed by atoms with E-state index in [4.69, 9.17) is 10.5 Å². The highest BCUT2D eigenvalue weighted by molar-refractivity contribution is 5.04. The van der Waals surface area contributed by atoms with Crippen LogP contribution in [0.15, 0.2) is 0 Å². The molecule has 2 fully saturated rings. The first-order valence-corrected chi connectivity index (χ1v) is 3.65. The molecule has 2 N–H and O–H groups in total. The number of hydrogen-bond donors (Lipinski definition) is 1. The molecule has 2 rings (SSSR count). The molecular formula is C7H13NO. The molecule has 9 heavy (non-hydrogen) atoms. The van der Waals surface area contributed by atoms with Gasteiger partial charge in [-0.15, -0.1) is 0 Å². The molecule has 52 valence electrons. The molecule has 0 aromatic carbocycles. The van der Waals surface area contributed by atoms with Gasteiger partial charge in [-0.25, -0.2) is 0 Å². The smallest absolute Gasteiger partial charge is 0.0526 e. The fraction of sp³-hybridized carbons (Fsp3) is 1.00. The maximum atomic E-state index is 5.53. The van der Waals surface area contributed by atoms with Gasteiger partial charge in [-0.3, -0.25) is 0 Å². The maximum Gasteiger partial charge on any atom is 0.0526 e. The summed E-state index contributed by atoms with van der Waals surface area (Å²) in [5.74, 6) is 0.792. The Labute approximate surface area is 55.4 Å². The molecule has 1 spiro atoms. The highest BCUT2D eigenvalue weighted by Gasteiger charge is 2.54. The maximum absolute atomic E-state index is 5.53. The van der Waals surface area contributed by atoms with Crippen LogP contribution in [0.2, 0.25) is 0 Å². The van der Waals surface area contributed by atoms with Gasteiger partial charge in [0, 0.05) is 12.0 Å². The molecule has 0 bridgehead atoms. The molecule has 2 atom stereocenters. The monoisotopic (exact) mass is 127 g/mol. The topological polar surface area (TPSA) is 35.2 Å². The summed E-state index contributed by atoms with van der Waals surface area (Å²) in [6, 6.07) is 0. The molecule has 2 unspecified atom stereocenters. The van der Waals surface area contributed by atoms with E-state index in [-0.39, 0.29) is 0 Å². The van der Waals surface area contributed by atoms with Crippen LogP contribution in [0.4, 0.5) is 0 Å². The molecule has 2 aliphatic rings. The van der Waals surface area contributed by atoms with Crippen LogP contribution in [0.5, 0.6) is 0 Å². The van der Waals surface area contributed by atoms with Crippen molar-refractivity contribution >= 4 is 0 Å². The summed E-state index contributed by atoms with van der Waals surface area (Å²) >= 11 is 0. The van der Waals surface area contributed by atoms with Gasteiger partial charge in [-0.2, -0.15) is 0 Å². The van der Waals surface area contributed by atoms with Crippen LogP contribution in [0, 0.1) is 11.3 Å². The molecule has 1 saturated heterocycles. The van der Waals surface area contributed by atoms with Crippen LogP contribution >= 0.6 is 0 Å². The molecule has 1 aliphatic carbocycles. The molecular weight excluding hydrogens is 114 g/mol. The van der Waals surface area contributed by atoms with E-state index in [1.54, 1.807) is 0 Å². The number of ether oxygens (including phenoxy) is 1. The number of nitrogens with two attached hydrogens (primary N) is 1. The summed E-state index contributed by atoms with van der Waals surface area (Å²) in [5.41, 5.74) is 6.10. The average molecular weight is 127 g/mol. The molecule has 0 amide bonds. The van der Waals surface area contributed by atoms with Crippen molar-refractivity contribution < 1.29 is 4.74 Å². The SMILES string of the molecule is NCC1CC12CCOC2. The van der Waals surface area contributed by atoms with Gasteiger partial charge < -0.3 is 10.5 Å². The van der Waals surface area contributed by atoms with Gasteiger partial charge in [-0.05, 0) is 25.3 Å². The minimum Gasteiger partial charge on any atom is -0.381 e. The Morgan fingerprint density at radius 2 is 2.56 bits per heavy atom. The first-order valence-electron chi connectivity index (χ1n) is 3.65. The predicted molar refractivity (Wildman–Crippen MR) is 35.0 cm³/mol. The first kappa shape index (κ1) is 5.69. The third-order valence-corrected chi connectivity index (χ3v) is 2.78. The molecule has 1 aliphatic heterocycles. The van der Waals surface area contributed by atoms with Crippen molar-refractivity contribution in [1.82, 2.24) is 0 Å². The Hall–Kier alpha value is -0.0800. The predicted octanol–water partition coefficient (Wildman–Crippen LogP) is 0.372. The molecule has 0 aromatic rings. The van der Waals surface area contributed by atoms with E-state index in [1.165, 1.54) is 12.8 Å². The molecule has 2 nitrogen and oxygen atoms in total. The van der Waals surface area contributed by atoms with Gasteiger partial charge in [0.2, 0.25) is 0 Å². The lowest BCUT2D eigenvalue weighted by molar-refractivity contribution is 0.179. The number of rotatable bonds is 1. The Bertz CT molecular complexity index is 118. The summed E-state index contributed by atoms with van der Waals surface area (Å²) in [6.07, 6.45) is 2.58. The lowest BCUT2D eigenvalue weighted by Gasteiger charge is -2.01. The van der Waals surface area contributed by atoms with Crippen LogP contribution in [-0.2, 0) is 4.74 Å². The van der Waals surface area contributed by atoms with Crippen molar-refractivity contribution in [2.75, 3.05) is 19.8 Å². The van der Waals surface area contributed by atoms with Crippen molar-refractivity contribution in [3.63, 3.8) is 0 Å². The minimum atomic E-state index is 0.564. The molecule has 1 saturated carbocycles. The van der Waals surface area contributed by atoms with E-state index in [0.717, 1.165) is 25.7 Å². The molecule has 1 heterocycles. The van der Waals surface area contributed by atoms with Crippen LogP contribution in [0.25, 0.3) is 0 Å². The van der Waals surface area contributed by atoms with Crippen molar-refractivity contribution in [3.05, 3.63) is 0 Å². The van der Waals surface area contributed by atoms with Gasteiger partial charge in [0.25, 0.3) is 0 Å². The second kappa shape index (κ2) is 1.70. The lowest BCUT2D eigenvalue weighted by atomic mass is 10.0. The summed E-state index contributed by atoms with van der Waals surface area (Å²) in [4.78, 5) is 0. The van der Waals surface area contributed by atoms with Crippen LogP contribution in [0.3, 0.4) is 0 Å². The summed E-state index contributed by atoms with van der Waals surface area (Å²) in [7, 11) is 0. The van der Waals surface area contributed by atoms with Crippen LogP contribution in [-0.4, -0.2) is 19.8 Å². The molecule has 2 heteroatoms. The zero-order chi connectivity index (χ0) is 6.32. The fourth-order valence-corrected chi connectivity index (χ4v) is 1.87. The zero-order valence-electron chi connectivity index (χ0n) is 5.60. The van der Waals surface area contributed by atoms with E-state index >= 15 is 0 Å². The second-order valence-electron chi connectivity index (χ2n) is 3.30. The highest BCUT2D eigenvalue weighted by atomic mass is 16.5. The van der Waals surface area contributed by atoms with Crippen molar-refractivity contribution in [3.8, 4) is 0 Å². The van der Waals surface area contributed by atoms with Crippen molar-refractivity contribution in [2.45, 2.75) is 12.8 Å². The van der Waals surface area contributed by atoms with Gasteiger partial charge in [0.1, 0.15) is 0 Å². The third kappa shape index (κ3) is 0.700. The Morgan fingerprint density at radius 3 is 3.00 bits per heavy atom. The second-order valence-corrected chi connectivity index (χ2v) is 3.30. The van der Waals surface area contributed by atoms with E-state index in [0.29, 0.717) is 5.41 Å². The van der Waals surface area contributed by atoms with Gasteiger partial charge in [-0.1, -0.05) is 0 Å². The zero-order valence-corrected chi connectivity index (χ0v) is 5.60. The van der Waals surface area contributed by atoms with Crippen molar-refractivity contribution in [2.24, 2.45) is 17.1 Å². The normalized spacial score (nSPS) is 48.3. The van der Waals surface area contributed by atoms with E-state index in [2.05, 4.69) is 0 Å². The van der Waals surface area contributed by atoms with Gasteiger partial charge >= 0.3 is 0 Å². The summed E-state index contributed by atoms with van der Waals surface area (Å²) in [6.45, 7) is 2.81. The number of hydrogen-bond acceptors (Lipinski definition) is 2. The van der Waals surface area contributed by atoms with E-state index in [9.17, 15) is 0 Å². The largest absolute Gasteiger partial charge is 0.381 e. The average Bonchev–Trinajstić information content (AvgIpc) is 2.30. The summed E-state index contributed by atoms with van der Waals surface area (Å²) < 4.78 is 5.30. The first-order chi connectivity index (χ1) is 4.37. The fourth-order valence-electron chi connectivity index (χ4n) is 1.87. The molecule has 0 aromatic heterocycles. The lowest BCUT2D eigenvalue weighted by Crippen LogP contribution is -2.10.